The molecule has 3 heteroatoms. The maximum absolute atomic E-state index is 5.30. The first-order valence-electron chi connectivity index (χ1n) is 8.43. The molecule has 0 aliphatic rings. The van der Waals surface area contributed by atoms with Gasteiger partial charge in [-0.1, -0.05) is 34.6 Å². The molecule has 1 N–H and O–H groups in total. The van der Waals surface area contributed by atoms with Crippen molar-refractivity contribution in [2.75, 3.05) is 33.4 Å². The number of nitrogens with zero attached hydrogens (tertiary/aromatic N) is 1. The fourth-order valence-corrected chi connectivity index (χ4v) is 2.77. The lowest BCUT2D eigenvalue weighted by Gasteiger charge is -2.38. The molecule has 0 spiro atoms. The summed E-state index contributed by atoms with van der Waals surface area (Å²) in [6, 6.07) is 1.27. The van der Waals surface area contributed by atoms with Crippen LogP contribution in [0.1, 0.15) is 54.4 Å². The lowest BCUT2D eigenvalue weighted by Crippen LogP contribution is -2.48. The Morgan fingerprint density at radius 2 is 1.60 bits per heavy atom. The van der Waals surface area contributed by atoms with E-state index in [1.54, 1.807) is 7.11 Å². The smallest absolute Gasteiger partial charge is 0.0589 e. The number of methoxy groups -OCH3 is 1. The average Bonchev–Trinajstić information content (AvgIpc) is 2.42. The van der Waals surface area contributed by atoms with Gasteiger partial charge in [-0.25, -0.2) is 0 Å². The van der Waals surface area contributed by atoms with E-state index in [-0.39, 0.29) is 0 Å². The zero-order valence-corrected chi connectivity index (χ0v) is 14.9. The molecule has 0 aromatic rings. The number of nitrogens with one attached hydrogen (secondary N) is 1. The highest BCUT2D eigenvalue weighted by molar-refractivity contribution is 4.80. The van der Waals surface area contributed by atoms with Gasteiger partial charge in [0.25, 0.3) is 0 Å². The Morgan fingerprint density at radius 3 is 2.05 bits per heavy atom. The molecule has 2 atom stereocenters. The van der Waals surface area contributed by atoms with Crippen LogP contribution in [-0.2, 0) is 4.74 Å². The lowest BCUT2D eigenvalue weighted by molar-refractivity contribution is 0.0643. The minimum absolute atomic E-state index is 0.592. The van der Waals surface area contributed by atoms with Gasteiger partial charge < -0.3 is 10.1 Å². The van der Waals surface area contributed by atoms with Gasteiger partial charge >= 0.3 is 0 Å². The largest absolute Gasteiger partial charge is 0.383 e. The standard InChI is InChI=1S/C17H38N2O/c1-8-17(9-2)19(10-11-20-7)16(6)15(5)13-18-12-14(3)4/h14-18H,8-13H2,1-7H3. The molecular formula is C17H38N2O. The molecule has 122 valence electrons. The topological polar surface area (TPSA) is 24.5 Å². The zero-order valence-electron chi connectivity index (χ0n) is 14.9. The van der Waals surface area contributed by atoms with E-state index in [1.807, 2.05) is 0 Å². The van der Waals surface area contributed by atoms with E-state index < -0.39 is 0 Å². The van der Waals surface area contributed by atoms with Gasteiger partial charge in [0, 0.05) is 25.7 Å². The molecule has 0 saturated heterocycles. The van der Waals surface area contributed by atoms with Crippen molar-refractivity contribution in [2.45, 2.75) is 66.5 Å². The fourth-order valence-electron chi connectivity index (χ4n) is 2.77. The fraction of sp³-hybridized carbons (Fsp3) is 1.00. The van der Waals surface area contributed by atoms with Crippen LogP contribution in [0.15, 0.2) is 0 Å². The summed E-state index contributed by atoms with van der Waals surface area (Å²) in [5, 5.41) is 3.59. The van der Waals surface area contributed by atoms with Crippen LogP contribution in [-0.4, -0.2) is 50.3 Å². The zero-order chi connectivity index (χ0) is 15.5. The van der Waals surface area contributed by atoms with Crippen molar-refractivity contribution >= 4 is 0 Å². The summed E-state index contributed by atoms with van der Waals surface area (Å²) in [5.41, 5.74) is 0. The predicted molar refractivity (Wildman–Crippen MR) is 89.3 cm³/mol. The maximum atomic E-state index is 5.30. The molecule has 20 heavy (non-hydrogen) atoms. The van der Waals surface area contributed by atoms with Crippen molar-refractivity contribution in [1.29, 1.82) is 0 Å². The Hall–Kier alpha value is -0.120. The first-order chi connectivity index (χ1) is 9.47. The summed E-state index contributed by atoms with van der Waals surface area (Å²) in [7, 11) is 1.80. The Balaban J connectivity index is 4.45. The number of hydrogen-bond donors (Lipinski definition) is 1. The summed E-state index contributed by atoms with van der Waals surface area (Å²) in [5.74, 6) is 1.38. The van der Waals surface area contributed by atoms with E-state index in [0.717, 1.165) is 32.2 Å². The minimum Gasteiger partial charge on any atom is -0.383 e. The molecule has 0 aromatic carbocycles. The first kappa shape index (κ1) is 19.9. The van der Waals surface area contributed by atoms with E-state index in [1.165, 1.54) is 12.8 Å². The van der Waals surface area contributed by atoms with Gasteiger partial charge in [-0.2, -0.15) is 0 Å². The van der Waals surface area contributed by atoms with E-state index in [0.29, 0.717) is 18.0 Å². The van der Waals surface area contributed by atoms with E-state index in [9.17, 15) is 0 Å². The number of hydrogen-bond acceptors (Lipinski definition) is 3. The molecule has 3 nitrogen and oxygen atoms in total. The summed E-state index contributed by atoms with van der Waals surface area (Å²) in [6.45, 7) is 17.9. The SMILES string of the molecule is CCC(CC)N(CCOC)C(C)C(C)CNCC(C)C. The van der Waals surface area contributed by atoms with E-state index in [4.69, 9.17) is 4.74 Å². The second-order valence-electron chi connectivity index (χ2n) is 6.47. The molecule has 0 heterocycles. The van der Waals surface area contributed by atoms with Crippen molar-refractivity contribution in [3.05, 3.63) is 0 Å². The molecule has 0 fully saturated rings. The highest BCUT2D eigenvalue weighted by atomic mass is 16.5. The summed E-state index contributed by atoms with van der Waals surface area (Å²) < 4.78 is 5.30. The van der Waals surface area contributed by atoms with Crippen LogP contribution >= 0.6 is 0 Å². The quantitative estimate of drug-likeness (QED) is 0.595. The Bertz CT molecular complexity index is 217. The van der Waals surface area contributed by atoms with E-state index in [2.05, 4.69) is 51.8 Å². The lowest BCUT2D eigenvalue weighted by atomic mass is 9.98. The van der Waals surface area contributed by atoms with Crippen LogP contribution in [0.4, 0.5) is 0 Å². The van der Waals surface area contributed by atoms with Gasteiger partial charge in [-0.3, -0.25) is 4.90 Å². The molecule has 0 aromatic heterocycles. The van der Waals surface area contributed by atoms with Crippen LogP contribution in [0.25, 0.3) is 0 Å². The molecular weight excluding hydrogens is 248 g/mol. The molecule has 0 amide bonds. The molecule has 0 radical (unpaired) electrons. The second-order valence-corrected chi connectivity index (χ2v) is 6.47. The molecule has 2 unspecified atom stereocenters. The second kappa shape index (κ2) is 11.5. The maximum Gasteiger partial charge on any atom is 0.0589 e. The molecule has 0 aliphatic heterocycles. The third kappa shape index (κ3) is 7.61. The highest BCUT2D eigenvalue weighted by Crippen LogP contribution is 2.18. The Kier molecular flexibility index (Phi) is 11.5. The normalized spacial score (nSPS) is 15.3. The first-order valence-corrected chi connectivity index (χ1v) is 8.43. The van der Waals surface area contributed by atoms with Crippen LogP contribution in [0, 0.1) is 11.8 Å². The van der Waals surface area contributed by atoms with Crippen LogP contribution in [0.5, 0.6) is 0 Å². The molecule has 0 bridgehead atoms. The summed E-state index contributed by atoms with van der Waals surface area (Å²) >= 11 is 0. The third-order valence-electron chi connectivity index (χ3n) is 4.33. The number of ether oxygens (including phenoxy) is 1. The van der Waals surface area contributed by atoms with Crippen molar-refractivity contribution in [2.24, 2.45) is 11.8 Å². The Morgan fingerprint density at radius 1 is 1.00 bits per heavy atom. The average molecular weight is 287 g/mol. The van der Waals surface area contributed by atoms with Gasteiger partial charge in [0.1, 0.15) is 0 Å². The van der Waals surface area contributed by atoms with Crippen LogP contribution < -0.4 is 5.32 Å². The summed E-state index contributed by atoms with van der Waals surface area (Å²) in [4.78, 5) is 2.64. The Labute approximate surface area is 127 Å². The van der Waals surface area contributed by atoms with Crippen LogP contribution in [0.2, 0.25) is 0 Å². The van der Waals surface area contributed by atoms with Crippen molar-refractivity contribution in [1.82, 2.24) is 10.2 Å². The van der Waals surface area contributed by atoms with Crippen LogP contribution in [0.3, 0.4) is 0 Å². The van der Waals surface area contributed by atoms with Gasteiger partial charge in [0.05, 0.1) is 6.61 Å². The van der Waals surface area contributed by atoms with Crippen molar-refractivity contribution in [3.63, 3.8) is 0 Å². The minimum atomic E-state index is 0.592. The monoisotopic (exact) mass is 286 g/mol. The molecule has 0 saturated carbocycles. The van der Waals surface area contributed by atoms with Crippen molar-refractivity contribution in [3.8, 4) is 0 Å². The molecule has 0 aliphatic carbocycles. The predicted octanol–water partition coefficient (Wildman–Crippen LogP) is 3.39. The van der Waals surface area contributed by atoms with Crippen molar-refractivity contribution < 1.29 is 4.74 Å². The summed E-state index contributed by atoms with van der Waals surface area (Å²) in [6.07, 6.45) is 2.44. The molecule has 0 rings (SSSR count). The van der Waals surface area contributed by atoms with E-state index >= 15 is 0 Å². The van der Waals surface area contributed by atoms with Gasteiger partial charge in [-0.15, -0.1) is 0 Å². The third-order valence-corrected chi connectivity index (χ3v) is 4.33. The van der Waals surface area contributed by atoms with Gasteiger partial charge in [0.15, 0.2) is 0 Å². The number of rotatable bonds is 12. The van der Waals surface area contributed by atoms with Gasteiger partial charge in [-0.05, 0) is 44.7 Å². The van der Waals surface area contributed by atoms with Gasteiger partial charge in [0.2, 0.25) is 0 Å². The highest BCUT2D eigenvalue weighted by Gasteiger charge is 2.24.